The molecule has 0 fully saturated rings. The van der Waals surface area contributed by atoms with Crippen LogP contribution in [0, 0.1) is 0 Å². The molecule has 0 unspecified atom stereocenters. The largest absolute Gasteiger partial charge is 0.484 e. The van der Waals surface area contributed by atoms with Gasteiger partial charge in [-0.25, -0.2) is 0 Å². The molecule has 3 rings (SSSR count). The maximum Gasteiger partial charge on any atom is 0.261 e. The Morgan fingerprint density at radius 3 is 2.55 bits per heavy atom. The number of aromatic nitrogens is 2. The third kappa shape index (κ3) is 5.54. The average Bonchev–Trinajstić information content (AvgIpc) is 3.21. The third-order valence-corrected chi connectivity index (χ3v) is 4.44. The smallest absolute Gasteiger partial charge is 0.261 e. The van der Waals surface area contributed by atoms with E-state index in [0.717, 1.165) is 5.56 Å². The van der Waals surface area contributed by atoms with Gasteiger partial charge < -0.3 is 14.2 Å². The topological polar surface area (TPSA) is 68.5 Å². The van der Waals surface area contributed by atoms with Gasteiger partial charge in [0.1, 0.15) is 12.3 Å². The minimum atomic E-state index is -0.183. The van der Waals surface area contributed by atoms with Crippen LogP contribution >= 0.6 is 0 Å². The van der Waals surface area contributed by atoms with Crippen LogP contribution < -0.4 is 4.74 Å². The predicted molar refractivity (Wildman–Crippen MR) is 111 cm³/mol. The first-order chi connectivity index (χ1) is 14.1. The number of carbonyl (C=O) groups is 1. The fraction of sp³-hybridized carbons (Fsp3) is 0.261. The van der Waals surface area contributed by atoms with E-state index in [2.05, 4.69) is 30.6 Å². The van der Waals surface area contributed by atoms with Crippen molar-refractivity contribution in [3.63, 3.8) is 0 Å². The van der Waals surface area contributed by atoms with Gasteiger partial charge in [-0.05, 0) is 23.6 Å². The molecule has 6 heteroatoms. The summed E-state index contributed by atoms with van der Waals surface area (Å²) in [6.07, 6.45) is 1.66. The first-order valence-corrected chi connectivity index (χ1v) is 9.56. The van der Waals surface area contributed by atoms with Gasteiger partial charge in [-0.1, -0.05) is 67.5 Å². The van der Waals surface area contributed by atoms with E-state index in [-0.39, 0.29) is 19.1 Å². The Bertz CT molecular complexity index is 934. The number of ether oxygens (including phenoxy) is 1. The molecule has 0 atom stereocenters. The second-order valence-corrected chi connectivity index (χ2v) is 6.95. The van der Waals surface area contributed by atoms with Crippen molar-refractivity contribution in [3.8, 4) is 17.1 Å². The lowest BCUT2D eigenvalue weighted by Crippen LogP contribution is -2.34. The van der Waals surface area contributed by atoms with Crippen LogP contribution in [-0.2, 0) is 11.3 Å². The van der Waals surface area contributed by atoms with E-state index in [1.165, 1.54) is 5.56 Å². The number of nitrogens with zero attached hydrogens (tertiary/aromatic N) is 3. The molecule has 1 amide bonds. The van der Waals surface area contributed by atoms with Gasteiger partial charge in [0.25, 0.3) is 5.91 Å². The summed E-state index contributed by atoms with van der Waals surface area (Å²) in [5.74, 6) is 1.78. The average molecular weight is 391 g/mol. The Morgan fingerprint density at radius 2 is 1.90 bits per heavy atom. The van der Waals surface area contributed by atoms with Crippen molar-refractivity contribution in [2.45, 2.75) is 26.3 Å². The molecule has 0 spiro atoms. The maximum absolute atomic E-state index is 12.6. The summed E-state index contributed by atoms with van der Waals surface area (Å²) in [6, 6.07) is 17.3. The van der Waals surface area contributed by atoms with Crippen LogP contribution in [0.5, 0.6) is 5.75 Å². The molecule has 1 aromatic heterocycles. The van der Waals surface area contributed by atoms with Gasteiger partial charge in [-0.15, -0.1) is 6.58 Å². The molecule has 2 aromatic carbocycles. The number of rotatable bonds is 9. The van der Waals surface area contributed by atoms with Gasteiger partial charge in [-0.2, -0.15) is 4.98 Å². The van der Waals surface area contributed by atoms with E-state index in [0.29, 0.717) is 29.9 Å². The molecule has 0 aliphatic rings. The summed E-state index contributed by atoms with van der Waals surface area (Å²) in [6.45, 7) is 8.46. The van der Waals surface area contributed by atoms with Crippen molar-refractivity contribution in [1.82, 2.24) is 15.0 Å². The summed E-state index contributed by atoms with van der Waals surface area (Å²) in [4.78, 5) is 18.6. The van der Waals surface area contributed by atoms with E-state index in [9.17, 15) is 4.79 Å². The second kappa shape index (κ2) is 9.68. The summed E-state index contributed by atoms with van der Waals surface area (Å²) in [5, 5.41) is 3.99. The van der Waals surface area contributed by atoms with Crippen LogP contribution in [0.25, 0.3) is 11.4 Å². The normalized spacial score (nSPS) is 10.7. The lowest BCUT2D eigenvalue weighted by Gasteiger charge is -2.19. The monoisotopic (exact) mass is 391 g/mol. The highest BCUT2D eigenvalue weighted by molar-refractivity contribution is 5.77. The standard InChI is InChI=1S/C23H25N3O3/c1-4-14-26(15-21-24-23(25-29-21)19-8-6-5-7-9-19)22(27)16-28-20-12-10-18(11-13-20)17(2)3/h4-13,17H,1,14-16H2,2-3H3. The molecule has 0 radical (unpaired) electrons. The van der Waals surface area contributed by atoms with Gasteiger partial charge in [0.15, 0.2) is 6.61 Å². The summed E-state index contributed by atoms with van der Waals surface area (Å²) >= 11 is 0. The van der Waals surface area contributed by atoms with E-state index < -0.39 is 0 Å². The molecule has 1 heterocycles. The van der Waals surface area contributed by atoms with Gasteiger partial charge in [0.2, 0.25) is 11.7 Å². The molecule has 0 aliphatic heterocycles. The van der Waals surface area contributed by atoms with Crippen LogP contribution in [0.3, 0.4) is 0 Å². The van der Waals surface area contributed by atoms with Crippen molar-refractivity contribution in [1.29, 1.82) is 0 Å². The highest BCUT2D eigenvalue weighted by atomic mass is 16.5. The Hall–Kier alpha value is -3.41. The molecule has 0 bridgehead atoms. The van der Waals surface area contributed by atoms with Crippen LogP contribution in [0.1, 0.15) is 31.2 Å². The fourth-order valence-corrected chi connectivity index (χ4v) is 2.78. The lowest BCUT2D eigenvalue weighted by atomic mass is 10.0. The zero-order valence-electron chi connectivity index (χ0n) is 16.7. The molecule has 0 saturated heterocycles. The highest BCUT2D eigenvalue weighted by Crippen LogP contribution is 2.19. The molecule has 150 valence electrons. The Balaban J connectivity index is 1.61. The molecular formula is C23H25N3O3. The minimum Gasteiger partial charge on any atom is -0.484 e. The van der Waals surface area contributed by atoms with E-state index in [1.807, 2.05) is 54.6 Å². The number of carbonyl (C=O) groups excluding carboxylic acids is 1. The summed E-state index contributed by atoms with van der Waals surface area (Å²) in [5.41, 5.74) is 2.08. The van der Waals surface area contributed by atoms with Crippen LogP contribution in [0.4, 0.5) is 0 Å². The Kier molecular flexibility index (Phi) is 6.79. The third-order valence-electron chi connectivity index (χ3n) is 4.44. The number of hydrogen-bond acceptors (Lipinski definition) is 5. The van der Waals surface area contributed by atoms with E-state index >= 15 is 0 Å². The first kappa shape index (κ1) is 20.3. The quantitative estimate of drug-likeness (QED) is 0.504. The van der Waals surface area contributed by atoms with Crippen LogP contribution in [-0.4, -0.2) is 34.1 Å². The summed E-state index contributed by atoms with van der Waals surface area (Å²) in [7, 11) is 0. The maximum atomic E-state index is 12.6. The number of amides is 1. The highest BCUT2D eigenvalue weighted by Gasteiger charge is 2.18. The molecule has 0 aliphatic carbocycles. The van der Waals surface area contributed by atoms with Crippen molar-refractivity contribution in [2.24, 2.45) is 0 Å². The number of hydrogen-bond donors (Lipinski definition) is 0. The lowest BCUT2D eigenvalue weighted by molar-refractivity contribution is -0.133. The van der Waals surface area contributed by atoms with Crippen molar-refractivity contribution in [3.05, 3.63) is 78.7 Å². The first-order valence-electron chi connectivity index (χ1n) is 9.56. The van der Waals surface area contributed by atoms with Gasteiger partial charge in [0.05, 0.1) is 0 Å². The van der Waals surface area contributed by atoms with Gasteiger partial charge in [-0.3, -0.25) is 4.79 Å². The van der Waals surface area contributed by atoms with Gasteiger partial charge >= 0.3 is 0 Å². The van der Waals surface area contributed by atoms with Crippen molar-refractivity contribution < 1.29 is 14.1 Å². The fourth-order valence-electron chi connectivity index (χ4n) is 2.78. The number of benzene rings is 2. The SMILES string of the molecule is C=CCN(Cc1nc(-c2ccccc2)no1)C(=O)COc1ccc(C(C)C)cc1. The summed E-state index contributed by atoms with van der Waals surface area (Å²) < 4.78 is 11.0. The molecule has 3 aromatic rings. The van der Waals surface area contributed by atoms with Crippen molar-refractivity contribution >= 4 is 5.91 Å². The molecule has 0 N–H and O–H groups in total. The molecular weight excluding hydrogens is 366 g/mol. The Labute approximate surface area is 170 Å². The molecule has 29 heavy (non-hydrogen) atoms. The zero-order valence-corrected chi connectivity index (χ0v) is 16.7. The van der Waals surface area contributed by atoms with Gasteiger partial charge in [0, 0.05) is 12.1 Å². The molecule has 6 nitrogen and oxygen atoms in total. The van der Waals surface area contributed by atoms with E-state index in [4.69, 9.17) is 9.26 Å². The molecule has 0 saturated carbocycles. The minimum absolute atomic E-state index is 0.0749. The Morgan fingerprint density at radius 1 is 1.17 bits per heavy atom. The zero-order chi connectivity index (χ0) is 20.6. The van der Waals surface area contributed by atoms with Crippen LogP contribution in [0.15, 0.2) is 71.8 Å². The second-order valence-electron chi connectivity index (χ2n) is 6.95. The van der Waals surface area contributed by atoms with E-state index in [1.54, 1.807) is 11.0 Å². The van der Waals surface area contributed by atoms with Crippen molar-refractivity contribution in [2.75, 3.05) is 13.2 Å². The van der Waals surface area contributed by atoms with Crippen LogP contribution in [0.2, 0.25) is 0 Å². The predicted octanol–water partition coefficient (Wildman–Crippen LogP) is 4.45.